The molecule has 0 aliphatic rings. The number of furan rings is 1. The first-order chi connectivity index (χ1) is 16.9. The van der Waals surface area contributed by atoms with Crippen LogP contribution < -0.4 is 15.0 Å². The van der Waals surface area contributed by atoms with Crippen LogP contribution in [0.3, 0.4) is 0 Å². The van der Waals surface area contributed by atoms with E-state index >= 15 is 0 Å². The standard InChI is InChI=1S/C27H22ClN3O4/c1-16(2)34-24-12-11-17(13-20(24)28)15-29-31-26(30-21-8-5-4-7-18(21)27(31)32)25-14-19-22(33-3)9-6-10-23(19)35-25/h4-16H,1-3H3. The van der Waals surface area contributed by atoms with Crippen molar-refractivity contribution in [1.82, 2.24) is 9.66 Å². The van der Waals surface area contributed by atoms with Gasteiger partial charge in [0.15, 0.2) is 5.76 Å². The lowest BCUT2D eigenvalue weighted by molar-refractivity contribution is 0.242. The van der Waals surface area contributed by atoms with E-state index < -0.39 is 0 Å². The van der Waals surface area contributed by atoms with Crippen LogP contribution in [0.4, 0.5) is 0 Å². The zero-order valence-electron chi connectivity index (χ0n) is 19.4. The molecular formula is C27H22ClN3O4. The van der Waals surface area contributed by atoms with Crippen molar-refractivity contribution in [3.05, 3.63) is 87.7 Å². The van der Waals surface area contributed by atoms with Crippen LogP contribution in [0, 0.1) is 0 Å². The number of fused-ring (bicyclic) bond motifs is 2. The molecular weight excluding hydrogens is 466 g/mol. The molecule has 0 amide bonds. The molecule has 0 radical (unpaired) electrons. The molecule has 0 aliphatic carbocycles. The minimum atomic E-state index is -0.319. The van der Waals surface area contributed by atoms with Crippen molar-refractivity contribution < 1.29 is 13.9 Å². The number of halogens is 1. The number of hydrogen-bond acceptors (Lipinski definition) is 6. The van der Waals surface area contributed by atoms with Gasteiger partial charge in [-0.05, 0) is 67.9 Å². The fourth-order valence-electron chi connectivity index (χ4n) is 3.78. The average Bonchev–Trinajstić information content (AvgIpc) is 3.29. The third-order valence-electron chi connectivity index (χ3n) is 5.36. The summed E-state index contributed by atoms with van der Waals surface area (Å²) in [5.74, 6) is 1.91. The summed E-state index contributed by atoms with van der Waals surface area (Å²) >= 11 is 6.37. The van der Waals surface area contributed by atoms with Crippen LogP contribution in [0.1, 0.15) is 19.4 Å². The van der Waals surface area contributed by atoms with Crippen molar-refractivity contribution >= 4 is 39.7 Å². The Kier molecular flexibility index (Phi) is 6.01. The maximum Gasteiger partial charge on any atom is 0.282 e. The summed E-state index contributed by atoms with van der Waals surface area (Å²) in [6, 6.07) is 19.8. The summed E-state index contributed by atoms with van der Waals surface area (Å²) in [5, 5.41) is 6.15. The molecule has 5 rings (SSSR count). The van der Waals surface area contributed by atoms with E-state index in [0.29, 0.717) is 44.3 Å². The monoisotopic (exact) mass is 487 g/mol. The van der Waals surface area contributed by atoms with Crippen LogP contribution >= 0.6 is 11.6 Å². The van der Waals surface area contributed by atoms with Gasteiger partial charge in [-0.3, -0.25) is 4.79 Å². The van der Waals surface area contributed by atoms with Crippen LogP contribution in [-0.4, -0.2) is 29.1 Å². The maximum atomic E-state index is 13.4. The molecule has 0 saturated heterocycles. The van der Waals surface area contributed by atoms with E-state index in [1.54, 1.807) is 49.7 Å². The van der Waals surface area contributed by atoms with Gasteiger partial charge >= 0.3 is 0 Å². The molecule has 0 unspecified atom stereocenters. The van der Waals surface area contributed by atoms with E-state index in [1.165, 1.54) is 4.68 Å². The number of nitrogens with zero attached hydrogens (tertiary/aromatic N) is 3. The Hall–Kier alpha value is -4.10. The molecule has 0 spiro atoms. The highest BCUT2D eigenvalue weighted by molar-refractivity contribution is 6.32. The lowest BCUT2D eigenvalue weighted by Gasteiger charge is -2.11. The van der Waals surface area contributed by atoms with E-state index in [0.717, 1.165) is 5.39 Å². The van der Waals surface area contributed by atoms with Gasteiger partial charge in [0.25, 0.3) is 5.56 Å². The SMILES string of the molecule is COc1cccc2oc(-c3nc4ccccc4c(=O)n3N=Cc3ccc(OC(C)C)c(Cl)c3)cc12. The van der Waals surface area contributed by atoms with E-state index in [2.05, 4.69) is 5.10 Å². The first kappa shape index (κ1) is 22.7. The predicted molar refractivity (Wildman–Crippen MR) is 138 cm³/mol. The van der Waals surface area contributed by atoms with Gasteiger partial charge in [-0.2, -0.15) is 9.78 Å². The number of hydrogen-bond donors (Lipinski definition) is 0. The molecule has 0 saturated carbocycles. The van der Waals surface area contributed by atoms with Gasteiger partial charge in [0.2, 0.25) is 5.82 Å². The quantitative estimate of drug-likeness (QED) is 0.269. The summed E-state index contributed by atoms with van der Waals surface area (Å²) in [5.41, 5.74) is 1.54. The fourth-order valence-corrected chi connectivity index (χ4v) is 4.02. The molecule has 2 heterocycles. The Balaban J connectivity index is 1.65. The number of methoxy groups -OCH3 is 1. The van der Waals surface area contributed by atoms with E-state index in [9.17, 15) is 4.79 Å². The molecule has 7 nitrogen and oxygen atoms in total. The third kappa shape index (κ3) is 4.38. The molecule has 2 aromatic heterocycles. The largest absolute Gasteiger partial charge is 0.496 e. The van der Waals surface area contributed by atoms with Gasteiger partial charge in [0, 0.05) is 0 Å². The Morgan fingerprint density at radius 1 is 1.03 bits per heavy atom. The molecule has 3 aromatic carbocycles. The zero-order valence-corrected chi connectivity index (χ0v) is 20.1. The highest BCUT2D eigenvalue weighted by atomic mass is 35.5. The molecule has 176 valence electrons. The van der Waals surface area contributed by atoms with Crippen molar-refractivity contribution in [2.24, 2.45) is 5.10 Å². The first-order valence-electron chi connectivity index (χ1n) is 11.0. The molecule has 5 aromatic rings. The lowest BCUT2D eigenvalue weighted by Crippen LogP contribution is -2.20. The average molecular weight is 488 g/mol. The van der Waals surface area contributed by atoms with Gasteiger partial charge in [0.1, 0.15) is 17.1 Å². The van der Waals surface area contributed by atoms with E-state index in [4.69, 9.17) is 30.5 Å². The van der Waals surface area contributed by atoms with E-state index in [-0.39, 0.29) is 17.5 Å². The predicted octanol–water partition coefficient (Wildman–Crippen LogP) is 6.14. The molecule has 8 heteroatoms. The Morgan fingerprint density at radius 2 is 1.86 bits per heavy atom. The maximum absolute atomic E-state index is 13.4. The van der Waals surface area contributed by atoms with Crippen molar-refractivity contribution in [3.8, 4) is 23.1 Å². The van der Waals surface area contributed by atoms with Crippen molar-refractivity contribution in [1.29, 1.82) is 0 Å². The topological polar surface area (TPSA) is 78.9 Å². The summed E-state index contributed by atoms with van der Waals surface area (Å²) in [4.78, 5) is 18.1. The van der Waals surface area contributed by atoms with Crippen molar-refractivity contribution in [2.45, 2.75) is 20.0 Å². The van der Waals surface area contributed by atoms with Gasteiger partial charge in [0.05, 0.1) is 40.7 Å². The first-order valence-corrected chi connectivity index (χ1v) is 11.4. The second kappa shape index (κ2) is 9.27. The number of aromatic nitrogens is 2. The van der Waals surface area contributed by atoms with Gasteiger partial charge in [-0.1, -0.05) is 29.8 Å². The van der Waals surface area contributed by atoms with Crippen LogP contribution in [0.25, 0.3) is 33.5 Å². The fraction of sp³-hybridized carbons (Fsp3) is 0.148. The molecule has 0 atom stereocenters. The number of rotatable bonds is 6. The number of para-hydroxylation sites is 1. The van der Waals surface area contributed by atoms with Gasteiger partial charge in [-0.15, -0.1) is 0 Å². The van der Waals surface area contributed by atoms with Crippen LogP contribution in [0.5, 0.6) is 11.5 Å². The molecule has 35 heavy (non-hydrogen) atoms. The summed E-state index contributed by atoms with van der Waals surface area (Å²) in [7, 11) is 1.60. The van der Waals surface area contributed by atoms with E-state index in [1.807, 2.05) is 44.2 Å². The number of ether oxygens (including phenoxy) is 2. The summed E-state index contributed by atoms with van der Waals surface area (Å²) in [6.45, 7) is 3.86. The minimum Gasteiger partial charge on any atom is -0.496 e. The Bertz CT molecular complexity index is 1640. The Morgan fingerprint density at radius 3 is 2.63 bits per heavy atom. The lowest BCUT2D eigenvalue weighted by atomic mass is 10.2. The van der Waals surface area contributed by atoms with Crippen LogP contribution in [-0.2, 0) is 0 Å². The Labute approximate surface area is 206 Å². The zero-order chi connectivity index (χ0) is 24.5. The normalized spacial score (nSPS) is 11.7. The van der Waals surface area contributed by atoms with Crippen LogP contribution in [0.15, 0.2) is 81.0 Å². The molecule has 0 aliphatic heterocycles. The highest BCUT2D eigenvalue weighted by Gasteiger charge is 2.18. The minimum absolute atomic E-state index is 0.000685. The highest BCUT2D eigenvalue weighted by Crippen LogP contribution is 2.33. The second-order valence-corrected chi connectivity index (χ2v) is 8.56. The smallest absolute Gasteiger partial charge is 0.282 e. The third-order valence-corrected chi connectivity index (χ3v) is 5.65. The van der Waals surface area contributed by atoms with Crippen molar-refractivity contribution in [3.63, 3.8) is 0 Å². The molecule has 0 fully saturated rings. The summed E-state index contributed by atoms with van der Waals surface area (Å²) < 4.78 is 18.4. The van der Waals surface area contributed by atoms with Crippen molar-refractivity contribution in [2.75, 3.05) is 7.11 Å². The number of benzene rings is 3. The van der Waals surface area contributed by atoms with Gasteiger partial charge < -0.3 is 13.9 Å². The van der Waals surface area contributed by atoms with Gasteiger partial charge in [-0.25, -0.2) is 4.98 Å². The molecule has 0 N–H and O–H groups in total. The summed E-state index contributed by atoms with van der Waals surface area (Å²) in [6.07, 6.45) is 1.55. The molecule has 0 bridgehead atoms. The second-order valence-electron chi connectivity index (χ2n) is 8.15. The van der Waals surface area contributed by atoms with Crippen LogP contribution in [0.2, 0.25) is 5.02 Å².